The van der Waals surface area contributed by atoms with E-state index in [2.05, 4.69) is 41.5 Å². The number of nitrogens with one attached hydrogen (secondary N) is 1. The van der Waals surface area contributed by atoms with Crippen molar-refractivity contribution in [3.8, 4) is 16.9 Å². The van der Waals surface area contributed by atoms with Crippen LogP contribution >= 0.6 is 0 Å². The highest BCUT2D eigenvalue weighted by Gasteiger charge is 2.35. The number of primary amides is 1. The van der Waals surface area contributed by atoms with Gasteiger partial charge >= 0.3 is 6.36 Å². The number of benzene rings is 3. The number of imidazole rings is 1. The van der Waals surface area contributed by atoms with Gasteiger partial charge in [-0.05, 0) is 90.3 Å². The van der Waals surface area contributed by atoms with E-state index in [9.17, 15) is 18.0 Å². The fourth-order valence-corrected chi connectivity index (χ4v) is 5.92. The SMILES string of the molecule is C[C@H]1C[C@@H](n2c(Nc3ccc(OC(F)(F)F)cc3)nc3cc(-c4ccc(C(N)=O)cc4)ccc32)CC(C)(C)C1. The van der Waals surface area contributed by atoms with Crippen LogP contribution in [0.15, 0.2) is 66.7 Å². The van der Waals surface area contributed by atoms with Gasteiger partial charge in [-0.25, -0.2) is 4.98 Å². The zero-order valence-corrected chi connectivity index (χ0v) is 22.0. The van der Waals surface area contributed by atoms with Crippen molar-refractivity contribution < 1.29 is 22.7 Å². The number of hydrogen-bond acceptors (Lipinski definition) is 4. The number of nitrogens with two attached hydrogens (primary N) is 1. The van der Waals surface area contributed by atoms with Gasteiger partial charge in [-0.3, -0.25) is 4.79 Å². The maximum atomic E-state index is 12.6. The topological polar surface area (TPSA) is 82.2 Å². The molecule has 3 aromatic carbocycles. The van der Waals surface area contributed by atoms with Gasteiger partial charge in [-0.2, -0.15) is 0 Å². The van der Waals surface area contributed by atoms with Crippen LogP contribution in [-0.2, 0) is 0 Å². The highest BCUT2D eigenvalue weighted by atomic mass is 19.4. The first kappa shape index (κ1) is 26.6. The van der Waals surface area contributed by atoms with Gasteiger partial charge in [0.1, 0.15) is 5.75 Å². The first-order valence-corrected chi connectivity index (χ1v) is 12.9. The Hall–Kier alpha value is -4.01. The predicted octanol–water partition coefficient (Wildman–Crippen LogP) is 7.83. The van der Waals surface area contributed by atoms with Gasteiger partial charge in [-0.15, -0.1) is 13.2 Å². The van der Waals surface area contributed by atoms with Crippen LogP contribution < -0.4 is 15.8 Å². The molecule has 1 fully saturated rings. The van der Waals surface area contributed by atoms with E-state index in [1.54, 1.807) is 24.3 Å². The van der Waals surface area contributed by atoms with Crippen molar-refractivity contribution in [2.24, 2.45) is 17.1 Å². The molecule has 1 aliphatic rings. The Morgan fingerprint density at radius 3 is 2.31 bits per heavy atom. The van der Waals surface area contributed by atoms with Crippen LogP contribution in [0.3, 0.4) is 0 Å². The number of fused-ring (bicyclic) bond motifs is 1. The lowest BCUT2D eigenvalue weighted by atomic mass is 9.70. The second-order valence-electron chi connectivity index (χ2n) is 11.2. The zero-order chi connectivity index (χ0) is 27.9. The van der Waals surface area contributed by atoms with Crippen molar-refractivity contribution in [1.29, 1.82) is 0 Å². The number of rotatable bonds is 6. The van der Waals surface area contributed by atoms with Crippen LogP contribution in [0.2, 0.25) is 0 Å². The van der Waals surface area contributed by atoms with E-state index in [0.717, 1.165) is 41.4 Å². The number of amides is 1. The van der Waals surface area contributed by atoms with Gasteiger partial charge in [0.25, 0.3) is 0 Å². The molecule has 0 spiro atoms. The number of aromatic nitrogens is 2. The molecule has 3 N–H and O–H groups in total. The maximum Gasteiger partial charge on any atom is 0.573 e. The Kier molecular flexibility index (Phi) is 6.78. The number of carbonyl (C=O) groups excluding carboxylic acids is 1. The van der Waals surface area contributed by atoms with Crippen molar-refractivity contribution >= 4 is 28.6 Å². The molecule has 0 aliphatic heterocycles. The summed E-state index contributed by atoms with van der Waals surface area (Å²) in [5.41, 5.74) is 10.2. The molecule has 1 aliphatic carbocycles. The van der Waals surface area contributed by atoms with E-state index >= 15 is 0 Å². The molecule has 5 rings (SSSR count). The fraction of sp³-hybridized carbons (Fsp3) is 0.333. The van der Waals surface area contributed by atoms with Crippen LogP contribution in [-0.4, -0.2) is 21.8 Å². The highest BCUT2D eigenvalue weighted by molar-refractivity contribution is 5.93. The second-order valence-corrected chi connectivity index (χ2v) is 11.2. The maximum absolute atomic E-state index is 12.6. The molecule has 1 heterocycles. The highest BCUT2D eigenvalue weighted by Crippen LogP contribution is 2.46. The van der Waals surface area contributed by atoms with E-state index in [0.29, 0.717) is 23.1 Å². The van der Waals surface area contributed by atoms with Gasteiger partial charge in [0, 0.05) is 17.3 Å². The summed E-state index contributed by atoms with van der Waals surface area (Å²) in [5.74, 6) is 0.405. The molecule has 0 bridgehead atoms. The number of halogens is 3. The van der Waals surface area contributed by atoms with Crippen LogP contribution in [0.25, 0.3) is 22.2 Å². The zero-order valence-electron chi connectivity index (χ0n) is 22.0. The molecule has 39 heavy (non-hydrogen) atoms. The Morgan fingerprint density at radius 2 is 1.69 bits per heavy atom. The lowest BCUT2D eigenvalue weighted by Gasteiger charge is -2.40. The minimum Gasteiger partial charge on any atom is -0.406 e. The number of ether oxygens (including phenoxy) is 1. The summed E-state index contributed by atoms with van der Waals surface area (Å²) in [7, 11) is 0. The number of hydrogen-bond donors (Lipinski definition) is 2. The third kappa shape index (κ3) is 6.02. The molecule has 6 nitrogen and oxygen atoms in total. The van der Waals surface area contributed by atoms with Crippen LogP contribution in [0.4, 0.5) is 24.8 Å². The summed E-state index contributed by atoms with van der Waals surface area (Å²) < 4.78 is 44.0. The van der Waals surface area contributed by atoms with Crippen molar-refractivity contribution in [3.63, 3.8) is 0 Å². The van der Waals surface area contributed by atoms with Gasteiger partial charge in [0.05, 0.1) is 11.0 Å². The summed E-state index contributed by atoms with van der Waals surface area (Å²) in [5, 5.41) is 3.33. The van der Waals surface area contributed by atoms with E-state index in [1.165, 1.54) is 12.1 Å². The van der Waals surface area contributed by atoms with Gasteiger partial charge in [0.15, 0.2) is 0 Å². The molecular formula is C30H31F3N4O2. The molecule has 1 aromatic heterocycles. The average molecular weight is 537 g/mol. The third-order valence-corrected chi connectivity index (χ3v) is 7.27. The molecule has 0 unspecified atom stereocenters. The monoisotopic (exact) mass is 536 g/mol. The largest absolute Gasteiger partial charge is 0.573 e. The van der Waals surface area contributed by atoms with Crippen LogP contribution in [0.5, 0.6) is 5.75 Å². The Labute approximate surface area is 225 Å². The molecule has 2 atom stereocenters. The lowest BCUT2D eigenvalue weighted by Crippen LogP contribution is -2.29. The third-order valence-electron chi connectivity index (χ3n) is 7.27. The minimum atomic E-state index is -4.74. The summed E-state index contributed by atoms with van der Waals surface area (Å²) in [4.78, 5) is 16.4. The van der Waals surface area contributed by atoms with E-state index in [-0.39, 0.29) is 17.2 Å². The van der Waals surface area contributed by atoms with Crippen molar-refractivity contribution in [3.05, 3.63) is 72.3 Å². The first-order chi connectivity index (χ1) is 18.4. The summed E-state index contributed by atoms with van der Waals surface area (Å²) in [6, 6.07) is 19.1. The van der Waals surface area contributed by atoms with E-state index < -0.39 is 12.3 Å². The minimum absolute atomic E-state index is 0.162. The molecule has 0 radical (unpaired) electrons. The number of nitrogens with zero attached hydrogens (tertiary/aromatic N) is 2. The molecule has 4 aromatic rings. The standard InChI is InChI=1S/C30H31F3N4O2/c1-18-14-23(17-29(2,3)16-18)37-26-13-8-21(19-4-6-20(7-5-19)27(34)38)15-25(26)36-28(37)35-22-9-11-24(12-10-22)39-30(31,32)33/h4-13,15,18,23H,14,16-17H2,1-3H3,(H2,34,38)(H,35,36)/t18-,23+/m0/s1. The molecule has 9 heteroatoms. The number of alkyl halides is 3. The smallest absolute Gasteiger partial charge is 0.406 e. The number of anilines is 2. The normalized spacial score (nSPS) is 19.1. The van der Waals surface area contributed by atoms with Gasteiger partial charge in [-0.1, -0.05) is 39.0 Å². The summed E-state index contributed by atoms with van der Waals surface area (Å²) in [6.07, 6.45) is -1.62. The quantitative estimate of drug-likeness (QED) is 0.263. The summed E-state index contributed by atoms with van der Waals surface area (Å²) >= 11 is 0. The van der Waals surface area contributed by atoms with Gasteiger partial charge < -0.3 is 20.4 Å². The molecule has 0 saturated heterocycles. The van der Waals surface area contributed by atoms with E-state index in [1.807, 2.05) is 24.3 Å². The Bertz CT molecular complexity index is 1490. The lowest BCUT2D eigenvalue weighted by molar-refractivity contribution is -0.274. The molecule has 1 amide bonds. The Balaban J connectivity index is 1.54. The van der Waals surface area contributed by atoms with E-state index in [4.69, 9.17) is 10.7 Å². The number of carbonyl (C=O) groups is 1. The molecule has 1 saturated carbocycles. The summed E-state index contributed by atoms with van der Waals surface area (Å²) in [6.45, 7) is 6.84. The second kappa shape index (κ2) is 9.94. The van der Waals surface area contributed by atoms with Crippen molar-refractivity contribution in [2.45, 2.75) is 52.4 Å². The molecule has 204 valence electrons. The fourth-order valence-electron chi connectivity index (χ4n) is 5.92. The molecular weight excluding hydrogens is 505 g/mol. The first-order valence-electron chi connectivity index (χ1n) is 12.9. The van der Waals surface area contributed by atoms with Crippen molar-refractivity contribution in [1.82, 2.24) is 9.55 Å². The average Bonchev–Trinajstić information content (AvgIpc) is 3.20. The van der Waals surface area contributed by atoms with Crippen LogP contribution in [0, 0.1) is 11.3 Å². The predicted molar refractivity (Wildman–Crippen MR) is 146 cm³/mol. The van der Waals surface area contributed by atoms with Crippen LogP contribution in [0.1, 0.15) is 56.4 Å². The van der Waals surface area contributed by atoms with Gasteiger partial charge in [0.2, 0.25) is 11.9 Å². The Morgan fingerprint density at radius 1 is 1.03 bits per heavy atom. The van der Waals surface area contributed by atoms with Crippen molar-refractivity contribution in [2.75, 3.05) is 5.32 Å².